The van der Waals surface area contributed by atoms with Crippen molar-refractivity contribution in [1.29, 1.82) is 0 Å². The molecule has 2 aromatic rings. The molecule has 0 atom stereocenters. The molecule has 0 fully saturated rings. The van der Waals surface area contributed by atoms with E-state index in [-0.39, 0.29) is 0 Å². The van der Waals surface area contributed by atoms with E-state index in [1.54, 1.807) is 0 Å². The van der Waals surface area contributed by atoms with Gasteiger partial charge < -0.3 is 4.74 Å². The van der Waals surface area contributed by atoms with Gasteiger partial charge in [-0.25, -0.2) is 4.52 Å². The van der Waals surface area contributed by atoms with Crippen molar-refractivity contribution >= 4 is 11.1 Å². The predicted molar refractivity (Wildman–Crippen MR) is 58.6 cm³/mol. The van der Waals surface area contributed by atoms with Crippen LogP contribution in [0.2, 0.25) is 0 Å². The number of aromatic nitrogens is 2. The van der Waals surface area contributed by atoms with E-state index in [2.05, 4.69) is 29.5 Å². The van der Waals surface area contributed by atoms with Crippen molar-refractivity contribution in [3.63, 3.8) is 0 Å². The van der Waals surface area contributed by atoms with E-state index in [1.165, 1.54) is 11.1 Å². The number of fused-ring (bicyclic) bond motifs is 1. The first-order valence-corrected chi connectivity index (χ1v) is 5.14. The molecule has 1 aliphatic heterocycles. The first kappa shape index (κ1) is 8.68. The lowest BCUT2D eigenvalue weighted by molar-refractivity contribution is 0.161. The first-order valence-electron chi connectivity index (χ1n) is 5.14. The minimum Gasteiger partial charge on any atom is -0.377 e. The topological polar surface area (TPSA) is 26.5 Å². The summed E-state index contributed by atoms with van der Waals surface area (Å²) in [4.78, 5) is 0. The number of ether oxygens (including phenoxy) is 1. The van der Waals surface area contributed by atoms with Crippen molar-refractivity contribution in [1.82, 2.24) is 9.61 Å². The SMILES string of the molecule is C1=C(c2ccc3ccnn3c2)CCOC1. The number of rotatable bonds is 1. The fraction of sp³-hybridized carbons (Fsp3) is 0.250. The molecular weight excluding hydrogens is 188 g/mol. The highest BCUT2D eigenvalue weighted by molar-refractivity contribution is 5.67. The molecule has 0 saturated heterocycles. The van der Waals surface area contributed by atoms with Crippen molar-refractivity contribution in [2.45, 2.75) is 6.42 Å². The van der Waals surface area contributed by atoms with Crippen LogP contribution in [-0.4, -0.2) is 22.8 Å². The van der Waals surface area contributed by atoms with E-state index in [9.17, 15) is 0 Å². The van der Waals surface area contributed by atoms with Crippen LogP contribution in [0.4, 0.5) is 0 Å². The maximum absolute atomic E-state index is 5.29. The Kier molecular flexibility index (Phi) is 2.03. The Morgan fingerprint density at radius 2 is 2.27 bits per heavy atom. The van der Waals surface area contributed by atoms with Crippen LogP contribution in [0.5, 0.6) is 0 Å². The van der Waals surface area contributed by atoms with Crippen molar-refractivity contribution in [2.75, 3.05) is 13.2 Å². The van der Waals surface area contributed by atoms with Gasteiger partial charge in [0.1, 0.15) is 0 Å². The van der Waals surface area contributed by atoms with Crippen molar-refractivity contribution in [3.05, 3.63) is 42.2 Å². The lowest BCUT2D eigenvalue weighted by Gasteiger charge is -2.13. The Balaban J connectivity index is 2.06. The minimum absolute atomic E-state index is 0.729. The highest BCUT2D eigenvalue weighted by atomic mass is 16.5. The predicted octanol–water partition coefficient (Wildman–Crippen LogP) is 2.14. The van der Waals surface area contributed by atoms with Crippen LogP contribution >= 0.6 is 0 Å². The Morgan fingerprint density at radius 1 is 1.27 bits per heavy atom. The molecule has 0 spiro atoms. The molecule has 0 bridgehead atoms. The number of hydrogen-bond acceptors (Lipinski definition) is 2. The van der Waals surface area contributed by atoms with Gasteiger partial charge in [-0.1, -0.05) is 12.1 Å². The molecule has 0 N–H and O–H groups in total. The Morgan fingerprint density at radius 3 is 3.13 bits per heavy atom. The van der Waals surface area contributed by atoms with Crippen molar-refractivity contribution < 1.29 is 4.74 Å². The second-order valence-electron chi connectivity index (χ2n) is 3.67. The maximum Gasteiger partial charge on any atom is 0.0661 e. The standard InChI is InChI=1S/C12H12N2O/c1-2-12-3-6-13-14(12)9-11(1)10-4-7-15-8-5-10/h1-4,6,9H,5,7-8H2. The minimum atomic E-state index is 0.729. The highest BCUT2D eigenvalue weighted by Gasteiger charge is 2.06. The second kappa shape index (κ2) is 3.51. The summed E-state index contributed by atoms with van der Waals surface area (Å²) in [6.45, 7) is 1.55. The molecule has 3 nitrogen and oxygen atoms in total. The summed E-state index contributed by atoms with van der Waals surface area (Å²) in [6, 6.07) is 6.24. The first-order chi connectivity index (χ1) is 7.43. The largest absolute Gasteiger partial charge is 0.377 e. The third-order valence-electron chi connectivity index (χ3n) is 2.73. The Hall–Kier alpha value is -1.61. The third kappa shape index (κ3) is 1.55. The van der Waals surface area contributed by atoms with Crippen LogP contribution < -0.4 is 0 Å². The zero-order valence-electron chi connectivity index (χ0n) is 8.39. The molecule has 76 valence electrons. The van der Waals surface area contributed by atoms with Gasteiger partial charge in [0.15, 0.2) is 0 Å². The van der Waals surface area contributed by atoms with E-state index in [0.717, 1.165) is 25.2 Å². The maximum atomic E-state index is 5.29. The summed E-state index contributed by atoms with van der Waals surface area (Å²) in [7, 11) is 0. The van der Waals surface area contributed by atoms with Crippen LogP contribution in [-0.2, 0) is 4.74 Å². The Labute approximate surface area is 88.0 Å². The van der Waals surface area contributed by atoms with Gasteiger partial charge in [-0.3, -0.25) is 0 Å². The summed E-state index contributed by atoms with van der Waals surface area (Å²) >= 11 is 0. The van der Waals surface area contributed by atoms with E-state index >= 15 is 0 Å². The molecule has 0 aliphatic carbocycles. The molecule has 0 radical (unpaired) electrons. The van der Waals surface area contributed by atoms with Crippen LogP contribution in [0.3, 0.4) is 0 Å². The molecule has 1 aliphatic rings. The Bertz CT molecular complexity index is 513. The quantitative estimate of drug-likeness (QED) is 0.705. The van der Waals surface area contributed by atoms with Crippen LogP contribution in [0.15, 0.2) is 36.7 Å². The van der Waals surface area contributed by atoms with Gasteiger partial charge in [0.05, 0.1) is 18.7 Å². The molecule has 0 aromatic carbocycles. The molecule has 15 heavy (non-hydrogen) atoms. The highest BCUT2D eigenvalue weighted by Crippen LogP contribution is 2.21. The zero-order valence-corrected chi connectivity index (χ0v) is 8.39. The molecule has 3 heterocycles. The monoisotopic (exact) mass is 200 g/mol. The summed E-state index contributed by atoms with van der Waals surface area (Å²) in [5.74, 6) is 0. The molecule has 3 rings (SSSR count). The van der Waals surface area contributed by atoms with Gasteiger partial charge >= 0.3 is 0 Å². The van der Waals surface area contributed by atoms with E-state index in [0.29, 0.717) is 0 Å². The fourth-order valence-corrected chi connectivity index (χ4v) is 1.89. The van der Waals surface area contributed by atoms with E-state index in [4.69, 9.17) is 4.74 Å². The average molecular weight is 200 g/mol. The summed E-state index contributed by atoms with van der Waals surface area (Å²) in [5, 5.41) is 4.23. The molecule has 3 heteroatoms. The third-order valence-corrected chi connectivity index (χ3v) is 2.73. The molecule has 2 aromatic heterocycles. The van der Waals surface area contributed by atoms with Gasteiger partial charge in [0, 0.05) is 12.4 Å². The zero-order chi connectivity index (χ0) is 10.1. The molecule has 0 unspecified atom stereocenters. The lowest BCUT2D eigenvalue weighted by atomic mass is 10.0. The van der Waals surface area contributed by atoms with Crippen molar-refractivity contribution in [2.24, 2.45) is 0 Å². The lowest BCUT2D eigenvalue weighted by Crippen LogP contribution is -2.04. The number of nitrogens with zero attached hydrogens (tertiary/aromatic N) is 2. The summed E-state index contributed by atoms with van der Waals surface area (Å²) < 4.78 is 7.20. The number of pyridine rings is 1. The van der Waals surface area contributed by atoms with Crippen LogP contribution in [0.1, 0.15) is 12.0 Å². The van der Waals surface area contributed by atoms with E-state index in [1.807, 2.05) is 16.8 Å². The van der Waals surface area contributed by atoms with E-state index < -0.39 is 0 Å². The second-order valence-corrected chi connectivity index (χ2v) is 3.67. The van der Waals surface area contributed by atoms with Crippen molar-refractivity contribution in [3.8, 4) is 0 Å². The molecule has 0 saturated carbocycles. The van der Waals surface area contributed by atoms with Gasteiger partial charge in [0.25, 0.3) is 0 Å². The van der Waals surface area contributed by atoms with Gasteiger partial charge in [-0.05, 0) is 29.7 Å². The summed E-state index contributed by atoms with van der Waals surface area (Å²) in [5.41, 5.74) is 3.74. The summed E-state index contributed by atoms with van der Waals surface area (Å²) in [6.07, 6.45) is 7.03. The van der Waals surface area contributed by atoms with Crippen LogP contribution in [0.25, 0.3) is 11.1 Å². The van der Waals surface area contributed by atoms with Gasteiger partial charge in [0.2, 0.25) is 0 Å². The van der Waals surface area contributed by atoms with Gasteiger partial charge in [-0.15, -0.1) is 0 Å². The normalized spacial score (nSPS) is 16.7. The average Bonchev–Trinajstić information content (AvgIpc) is 2.77. The molecule has 0 amide bonds. The van der Waals surface area contributed by atoms with Gasteiger partial charge in [-0.2, -0.15) is 5.10 Å². The molecular formula is C12H12N2O. The fourth-order valence-electron chi connectivity index (χ4n) is 1.89. The van der Waals surface area contributed by atoms with Crippen LogP contribution in [0, 0.1) is 0 Å². The smallest absolute Gasteiger partial charge is 0.0661 e. The number of hydrogen-bond donors (Lipinski definition) is 0.